The molecule has 102 valence electrons. The van der Waals surface area contributed by atoms with Crippen molar-refractivity contribution < 1.29 is 31.1 Å². The molecule has 0 aliphatic rings. The maximum absolute atomic E-state index is 12.5. The summed E-state index contributed by atoms with van der Waals surface area (Å²) < 4.78 is 76.7. The van der Waals surface area contributed by atoms with Crippen LogP contribution in [0.1, 0.15) is 11.4 Å². The summed E-state index contributed by atoms with van der Waals surface area (Å²) in [4.78, 5) is 2.95. The average Bonchev–Trinajstić information content (AvgIpc) is 2.17. The number of ether oxygens (including phenoxy) is 1. The minimum atomic E-state index is -5.31. The molecule has 1 heterocycles. The lowest BCUT2D eigenvalue weighted by Gasteiger charge is -2.17. The molecule has 0 fully saturated rings. The summed E-state index contributed by atoms with van der Waals surface area (Å²) in [6, 6.07) is 0.788. The van der Waals surface area contributed by atoms with E-state index in [1.807, 2.05) is 0 Å². The molecule has 0 saturated heterocycles. The quantitative estimate of drug-likeness (QED) is 0.810. The third-order valence-electron chi connectivity index (χ3n) is 1.75. The Balaban J connectivity index is 3.39. The first-order valence-corrected chi connectivity index (χ1v) is 4.37. The van der Waals surface area contributed by atoms with E-state index in [9.17, 15) is 26.3 Å². The molecule has 4 nitrogen and oxygen atoms in total. The van der Waals surface area contributed by atoms with Crippen LogP contribution in [0.25, 0.3) is 0 Å². The first kappa shape index (κ1) is 14.4. The van der Waals surface area contributed by atoms with Gasteiger partial charge in [-0.2, -0.15) is 13.2 Å². The molecular weight excluding hydrogens is 268 g/mol. The van der Waals surface area contributed by atoms with Gasteiger partial charge >= 0.3 is 12.5 Å². The number of alkyl halides is 6. The van der Waals surface area contributed by atoms with Crippen LogP contribution in [0.15, 0.2) is 6.07 Å². The van der Waals surface area contributed by atoms with Crippen LogP contribution in [-0.2, 0) is 12.7 Å². The number of rotatable bonds is 2. The minimum absolute atomic E-state index is 0.297. The Bertz CT molecular complexity index is 442. The van der Waals surface area contributed by atoms with E-state index in [0.29, 0.717) is 0 Å². The molecule has 0 radical (unpaired) electrons. The van der Waals surface area contributed by atoms with Gasteiger partial charge in [0.05, 0.1) is 11.4 Å². The molecule has 0 aliphatic heterocycles. The van der Waals surface area contributed by atoms with Crippen LogP contribution in [0.4, 0.5) is 32.0 Å². The van der Waals surface area contributed by atoms with Crippen LogP contribution >= 0.6 is 0 Å². The van der Waals surface area contributed by atoms with Crippen molar-refractivity contribution in [3.8, 4) is 5.75 Å². The van der Waals surface area contributed by atoms with Crippen molar-refractivity contribution in [1.29, 1.82) is 0 Å². The summed E-state index contributed by atoms with van der Waals surface area (Å²) >= 11 is 0. The zero-order valence-electron chi connectivity index (χ0n) is 8.56. The fraction of sp³-hybridized carbons (Fsp3) is 0.375. The number of halogens is 6. The van der Waals surface area contributed by atoms with Crippen LogP contribution in [0, 0.1) is 0 Å². The number of pyridine rings is 1. The summed E-state index contributed by atoms with van der Waals surface area (Å²) in [6.45, 7) is -0.403. The normalized spacial score (nSPS) is 12.6. The zero-order chi connectivity index (χ0) is 14.1. The number of nitrogens with zero attached hydrogens (tertiary/aromatic N) is 1. The fourth-order valence-electron chi connectivity index (χ4n) is 1.13. The van der Waals surface area contributed by atoms with Crippen molar-refractivity contribution in [2.75, 3.05) is 5.73 Å². The van der Waals surface area contributed by atoms with Gasteiger partial charge in [-0.15, -0.1) is 13.2 Å². The number of nitrogen functional groups attached to an aromatic ring is 1. The number of hydrogen-bond donors (Lipinski definition) is 2. The highest BCUT2D eigenvalue weighted by atomic mass is 19.4. The van der Waals surface area contributed by atoms with E-state index in [0.717, 1.165) is 6.07 Å². The van der Waals surface area contributed by atoms with Gasteiger partial charge in [-0.05, 0) is 6.07 Å². The Kier molecular flexibility index (Phi) is 3.60. The molecule has 0 aliphatic carbocycles. The van der Waals surface area contributed by atoms with Gasteiger partial charge in [-0.25, -0.2) is 4.98 Å². The molecule has 0 atom stereocenters. The zero-order valence-corrected chi connectivity index (χ0v) is 8.56. The monoisotopic (exact) mass is 275 g/mol. The molecular formula is C8H7F6N3O. The first-order chi connectivity index (χ1) is 8.04. The lowest BCUT2D eigenvalue weighted by atomic mass is 10.2. The highest BCUT2D eigenvalue weighted by Gasteiger charge is 2.42. The van der Waals surface area contributed by atoms with E-state index in [4.69, 9.17) is 11.5 Å². The Labute approximate surface area is 96.5 Å². The van der Waals surface area contributed by atoms with E-state index in [1.165, 1.54) is 0 Å². The van der Waals surface area contributed by atoms with Gasteiger partial charge in [0.2, 0.25) is 0 Å². The number of anilines is 1. The second kappa shape index (κ2) is 4.52. The number of nitrogens with two attached hydrogens (primary N) is 2. The lowest BCUT2D eigenvalue weighted by molar-refractivity contribution is -0.276. The maximum Gasteiger partial charge on any atom is 0.573 e. The van der Waals surface area contributed by atoms with Gasteiger partial charge in [0, 0.05) is 6.54 Å². The number of aromatic nitrogens is 1. The van der Waals surface area contributed by atoms with Crippen LogP contribution in [0.2, 0.25) is 0 Å². The van der Waals surface area contributed by atoms with E-state index in [2.05, 4.69) is 9.72 Å². The topological polar surface area (TPSA) is 74.2 Å². The van der Waals surface area contributed by atoms with E-state index in [1.54, 1.807) is 0 Å². The predicted molar refractivity (Wildman–Crippen MR) is 48.2 cm³/mol. The third kappa shape index (κ3) is 3.39. The molecule has 1 aromatic heterocycles. The Hall–Kier alpha value is -1.71. The Morgan fingerprint density at radius 2 is 1.72 bits per heavy atom. The summed E-state index contributed by atoms with van der Waals surface area (Å²) in [6.07, 6.45) is -10.4. The molecule has 10 heteroatoms. The Morgan fingerprint density at radius 3 is 2.11 bits per heavy atom. The second-order valence-electron chi connectivity index (χ2n) is 3.13. The van der Waals surface area contributed by atoms with Gasteiger partial charge in [-0.3, -0.25) is 0 Å². The highest BCUT2D eigenvalue weighted by Crippen LogP contribution is 2.40. The molecule has 18 heavy (non-hydrogen) atoms. The number of hydrogen-bond acceptors (Lipinski definition) is 4. The van der Waals surface area contributed by atoms with E-state index >= 15 is 0 Å². The van der Waals surface area contributed by atoms with Crippen molar-refractivity contribution in [2.24, 2.45) is 5.73 Å². The lowest BCUT2D eigenvalue weighted by Crippen LogP contribution is -2.23. The first-order valence-electron chi connectivity index (χ1n) is 4.37. The predicted octanol–water partition coefficient (Wildman–Crippen LogP) is 2.04. The molecule has 0 amide bonds. The third-order valence-corrected chi connectivity index (χ3v) is 1.75. The van der Waals surface area contributed by atoms with Crippen molar-refractivity contribution in [3.05, 3.63) is 17.5 Å². The minimum Gasteiger partial charge on any atom is -0.401 e. The van der Waals surface area contributed by atoms with Crippen molar-refractivity contribution in [2.45, 2.75) is 19.1 Å². The summed E-state index contributed by atoms with van der Waals surface area (Å²) in [5, 5.41) is 0. The van der Waals surface area contributed by atoms with Gasteiger partial charge in [-0.1, -0.05) is 0 Å². The van der Waals surface area contributed by atoms with E-state index < -0.39 is 36.2 Å². The standard InChI is InChI=1S/C8H7F6N3O/c9-7(10,11)6-5(18-8(12,13)14)4(16)1-3(2-15)17-6/h1H,2,15H2,(H2,16,17). The van der Waals surface area contributed by atoms with Crippen molar-refractivity contribution >= 4 is 5.69 Å². The van der Waals surface area contributed by atoms with Crippen LogP contribution in [-0.4, -0.2) is 11.3 Å². The maximum atomic E-state index is 12.5. The van der Waals surface area contributed by atoms with Gasteiger partial charge < -0.3 is 16.2 Å². The summed E-state index contributed by atoms with van der Waals surface area (Å²) in [7, 11) is 0. The second-order valence-corrected chi connectivity index (χ2v) is 3.13. The summed E-state index contributed by atoms with van der Waals surface area (Å²) in [5.41, 5.74) is 7.15. The Morgan fingerprint density at radius 1 is 1.17 bits per heavy atom. The molecule has 0 bridgehead atoms. The fourth-order valence-corrected chi connectivity index (χ4v) is 1.13. The van der Waals surface area contributed by atoms with Crippen molar-refractivity contribution in [3.63, 3.8) is 0 Å². The van der Waals surface area contributed by atoms with E-state index in [-0.39, 0.29) is 5.69 Å². The van der Waals surface area contributed by atoms with Gasteiger partial charge in [0.15, 0.2) is 11.4 Å². The molecule has 1 aromatic rings. The van der Waals surface area contributed by atoms with Crippen LogP contribution in [0.3, 0.4) is 0 Å². The average molecular weight is 275 g/mol. The molecule has 4 N–H and O–H groups in total. The molecule has 0 aromatic carbocycles. The largest absolute Gasteiger partial charge is 0.573 e. The highest BCUT2D eigenvalue weighted by molar-refractivity contribution is 5.56. The van der Waals surface area contributed by atoms with Gasteiger partial charge in [0.1, 0.15) is 0 Å². The smallest absolute Gasteiger partial charge is 0.401 e. The van der Waals surface area contributed by atoms with Crippen molar-refractivity contribution in [1.82, 2.24) is 4.98 Å². The SMILES string of the molecule is NCc1cc(N)c(OC(F)(F)F)c(C(F)(F)F)n1. The molecule has 0 saturated carbocycles. The van der Waals surface area contributed by atoms with Crippen LogP contribution in [0.5, 0.6) is 5.75 Å². The molecule has 1 rings (SSSR count). The van der Waals surface area contributed by atoms with Gasteiger partial charge in [0.25, 0.3) is 0 Å². The van der Waals surface area contributed by atoms with Crippen LogP contribution < -0.4 is 16.2 Å². The molecule has 0 unspecified atom stereocenters. The molecule has 0 spiro atoms. The summed E-state index contributed by atoms with van der Waals surface area (Å²) in [5.74, 6) is -1.58.